The Hall–Kier alpha value is -4.54. The predicted molar refractivity (Wildman–Crippen MR) is 208 cm³/mol. The van der Waals surface area contributed by atoms with Crippen molar-refractivity contribution < 1.29 is 58.2 Å². The Labute approximate surface area is 314 Å². The largest absolute Gasteiger partial charge is 0.497 e. The van der Waals surface area contributed by atoms with Gasteiger partial charge in [-0.3, -0.25) is 9.59 Å². The van der Waals surface area contributed by atoms with Gasteiger partial charge in [-0.2, -0.15) is 0 Å². The minimum Gasteiger partial charge on any atom is -0.497 e. The molecule has 2 N–H and O–H groups in total. The second-order valence-corrected chi connectivity index (χ2v) is 13.6. The van der Waals surface area contributed by atoms with Crippen LogP contribution in [0.5, 0.6) is 23.0 Å². The summed E-state index contributed by atoms with van der Waals surface area (Å²) in [7, 11) is 7.75. The number of benzene rings is 6. The van der Waals surface area contributed by atoms with Gasteiger partial charge in [-0.25, -0.2) is 0 Å². The van der Waals surface area contributed by atoms with Crippen LogP contribution in [0.15, 0.2) is 109 Å². The molecule has 6 aromatic rings. The first-order valence-electron chi connectivity index (χ1n) is 15.5. The van der Waals surface area contributed by atoms with Crippen LogP contribution in [0.1, 0.15) is 13.8 Å². The Morgan fingerprint density at radius 3 is 1.16 bits per heavy atom. The summed E-state index contributed by atoms with van der Waals surface area (Å²) >= 11 is 0. The van der Waals surface area contributed by atoms with Crippen molar-refractivity contribution in [3.05, 3.63) is 109 Å². The van der Waals surface area contributed by atoms with Gasteiger partial charge in [-0.15, -0.1) is 0 Å². The number of fused-ring (bicyclic) bond motifs is 2. The molecule has 6 aromatic carbocycles. The molecule has 2 unspecified atom stereocenters. The zero-order chi connectivity index (χ0) is 36.2. The van der Waals surface area contributed by atoms with E-state index in [1.165, 1.54) is 32.0 Å². The van der Waals surface area contributed by atoms with Gasteiger partial charge < -0.3 is 29.2 Å². The number of carboxylic acid groups (broad SMARTS) is 2. The first-order chi connectivity index (χ1) is 24.1. The third-order valence-corrected chi connectivity index (χ3v) is 9.97. The molecule has 0 saturated carbocycles. The average Bonchev–Trinajstić information content (AvgIpc) is 3.10. The molecule has 51 heavy (non-hydrogen) atoms. The summed E-state index contributed by atoms with van der Waals surface area (Å²) in [6.45, 7) is 2.17. The Balaban J connectivity index is 0.000000709. The molecule has 266 valence electrons. The second kappa shape index (κ2) is 19.7. The number of aliphatic carboxylic acids is 2. The number of rotatable bonds is 9. The summed E-state index contributed by atoms with van der Waals surface area (Å²) in [6, 6.07) is 38.3. The summed E-state index contributed by atoms with van der Waals surface area (Å²) in [6.07, 6.45) is 0. The molecule has 8 nitrogen and oxygen atoms in total. The standard InChI is InChI=1S/C36H32O4P2.2C2H4O2.Ru/c1-37-27-15-11-25-21-29(17-13-23(25)19-27)41-33-9-5-7-31(39-3)35(33)36-32(40-4)8-6-10-34(36)42-30-18-14-24-20-28(38-2)16-12-26(24)22-30;2*1-2(3)4;/h5-22,41-42H,1-4H3;2*1H3,(H,3,4);. The van der Waals surface area contributed by atoms with Crippen LogP contribution in [0.2, 0.25) is 0 Å². The van der Waals surface area contributed by atoms with Crippen molar-refractivity contribution in [2.75, 3.05) is 28.4 Å². The van der Waals surface area contributed by atoms with Crippen LogP contribution in [0.25, 0.3) is 32.7 Å². The third kappa shape index (κ3) is 11.2. The van der Waals surface area contributed by atoms with Crippen LogP contribution in [0.3, 0.4) is 0 Å². The molecular weight excluding hydrogens is 771 g/mol. The van der Waals surface area contributed by atoms with E-state index in [-0.39, 0.29) is 19.5 Å². The van der Waals surface area contributed by atoms with E-state index in [2.05, 4.69) is 84.9 Å². The zero-order valence-electron chi connectivity index (χ0n) is 29.1. The molecular formula is C40H40O8P2Ru. The number of ether oxygens (including phenoxy) is 4. The first kappa shape index (κ1) is 40.9. The van der Waals surface area contributed by atoms with Gasteiger partial charge in [-0.1, -0.05) is 77.8 Å². The van der Waals surface area contributed by atoms with Gasteiger partial charge in [0.2, 0.25) is 0 Å². The van der Waals surface area contributed by atoms with Gasteiger partial charge in [-0.05, 0) is 91.3 Å². The number of hydrogen-bond acceptors (Lipinski definition) is 6. The van der Waals surface area contributed by atoms with Gasteiger partial charge in [0.15, 0.2) is 0 Å². The molecule has 0 radical (unpaired) electrons. The van der Waals surface area contributed by atoms with Gasteiger partial charge in [0.1, 0.15) is 23.0 Å². The maximum Gasteiger partial charge on any atom is 0.300 e. The number of methoxy groups -OCH3 is 4. The van der Waals surface area contributed by atoms with Crippen molar-refractivity contribution in [2.24, 2.45) is 0 Å². The molecule has 0 aliphatic carbocycles. The van der Waals surface area contributed by atoms with E-state index < -0.39 is 11.9 Å². The van der Waals surface area contributed by atoms with E-state index in [4.69, 9.17) is 38.7 Å². The molecule has 0 saturated heterocycles. The van der Waals surface area contributed by atoms with E-state index in [0.717, 1.165) is 58.7 Å². The van der Waals surface area contributed by atoms with Crippen molar-refractivity contribution in [3.8, 4) is 34.1 Å². The molecule has 0 aromatic heterocycles. The normalized spacial score (nSPS) is 10.5. The topological polar surface area (TPSA) is 112 Å². The molecule has 0 bridgehead atoms. The Bertz CT molecular complexity index is 1960. The third-order valence-electron chi connectivity index (χ3n) is 7.40. The molecule has 0 amide bonds. The van der Waals surface area contributed by atoms with Crippen LogP contribution < -0.4 is 40.2 Å². The van der Waals surface area contributed by atoms with Crippen LogP contribution >= 0.6 is 17.2 Å². The van der Waals surface area contributed by atoms with Crippen LogP contribution in [0, 0.1) is 0 Å². The molecule has 6 rings (SSSR count). The number of carbonyl (C=O) groups is 2. The molecule has 0 aliphatic rings. The van der Waals surface area contributed by atoms with Crippen LogP contribution in [-0.4, -0.2) is 50.6 Å². The van der Waals surface area contributed by atoms with Gasteiger partial charge in [0.05, 0.1) is 28.4 Å². The van der Waals surface area contributed by atoms with E-state index in [1.54, 1.807) is 28.4 Å². The molecule has 0 aliphatic heterocycles. The van der Waals surface area contributed by atoms with Crippen molar-refractivity contribution >= 4 is 71.9 Å². The smallest absolute Gasteiger partial charge is 0.300 e. The van der Waals surface area contributed by atoms with Crippen LogP contribution in [-0.2, 0) is 29.1 Å². The molecule has 0 fully saturated rings. The predicted octanol–water partition coefficient (Wildman–Crippen LogP) is 7.13. The van der Waals surface area contributed by atoms with E-state index in [0.29, 0.717) is 17.2 Å². The maximum absolute atomic E-state index is 9.00. The fourth-order valence-corrected chi connectivity index (χ4v) is 7.81. The van der Waals surface area contributed by atoms with Gasteiger partial charge in [0, 0.05) is 44.5 Å². The quantitative estimate of drug-likeness (QED) is 0.117. The Morgan fingerprint density at radius 1 is 0.490 bits per heavy atom. The van der Waals surface area contributed by atoms with Crippen molar-refractivity contribution in [2.45, 2.75) is 13.8 Å². The fraction of sp³-hybridized carbons (Fsp3) is 0.150. The summed E-state index contributed by atoms with van der Waals surface area (Å²) in [5.74, 6) is 1.74. The first-order valence-corrected chi connectivity index (χ1v) is 17.5. The Kier molecular flexibility index (Phi) is 15.8. The fourth-order valence-electron chi connectivity index (χ4n) is 5.29. The molecule has 0 heterocycles. The minimum atomic E-state index is -0.833. The van der Waals surface area contributed by atoms with Crippen molar-refractivity contribution in [3.63, 3.8) is 0 Å². The van der Waals surface area contributed by atoms with Crippen molar-refractivity contribution in [1.29, 1.82) is 0 Å². The maximum atomic E-state index is 9.00. The van der Waals surface area contributed by atoms with E-state index in [1.807, 2.05) is 24.3 Å². The molecule has 2 atom stereocenters. The average molecular weight is 812 g/mol. The Morgan fingerprint density at radius 2 is 0.824 bits per heavy atom. The summed E-state index contributed by atoms with van der Waals surface area (Å²) in [4.78, 5) is 18.0. The number of hydrogen-bond donors (Lipinski definition) is 2. The SMILES string of the molecule is CC(=O)O.CC(=O)O.COc1ccc2cc(Pc3cccc(OC)c3-c3c(OC)cccc3Pc3ccc4cc(OC)ccc4c3)ccc2c1.[Ru]. The van der Waals surface area contributed by atoms with E-state index >= 15 is 0 Å². The second-order valence-electron chi connectivity index (χ2n) is 10.9. The van der Waals surface area contributed by atoms with Crippen molar-refractivity contribution in [1.82, 2.24) is 0 Å². The molecule has 11 heteroatoms. The van der Waals surface area contributed by atoms with Crippen LogP contribution in [0.4, 0.5) is 0 Å². The minimum absolute atomic E-state index is 0. The van der Waals surface area contributed by atoms with E-state index in [9.17, 15) is 0 Å². The number of carboxylic acids is 2. The zero-order valence-corrected chi connectivity index (χ0v) is 32.8. The summed E-state index contributed by atoms with van der Waals surface area (Å²) in [5, 5.41) is 24.5. The van der Waals surface area contributed by atoms with Gasteiger partial charge in [0.25, 0.3) is 11.9 Å². The summed E-state index contributed by atoms with van der Waals surface area (Å²) in [5.41, 5.74) is 2.16. The monoisotopic (exact) mass is 812 g/mol. The molecule has 0 spiro atoms. The van der Waals surface area contributed by atoms with Gasteiger partial charge >= 0.3 is 0 Å². The summed E-state index contributed by atoms with van der Waals surface area (Å²) < 4.78 is 22.8.